The van der Waals surface area contributed by atoms with Crippen LogP contribution in [0.2, 0.25) is 0 Å². The molecule has 0 atom stereocenters. The number of amides is 2. The minimum atomic E-state index is -4.49. The molecule has 0 aliphatic heterocycles. The van der Waals surface area contributed by atoms with Crippen LogP contribution in [0.3, 0.4) is 0 Å². The predicted octanol–water partition coefficient (Wildman–Crippen LogP) is 3.41. The molecule has 12 heteroatoms. The number of hydrogen-bond acceptors (Lipinski definition) is 5. The number of fused-ring (bicyclic) bond motifs is 1. The maximum atomic E-state index is 12.7. The topological polar surface area (TPSA) is 107 Å². The third-order valence-electron chi connectivity index (χ3n) is 4.98. The van der Waals surface area contributed by atoms with Crippen molar-refractivity contribution >= 4 is 28.8 Å². The summed E-state index contributed by atoms with van der Waals surface area (Å²) in [5.41, 5.74) is -0.459. The number of pyridine rings is 1. The minimum absolute atomic E-state index is 0.136. The molecule has 4 aromatic rings. The average molecular weight is 485 g/mol. The number of halogens is 3. The van der Waals surface area contributed by atoms with E-state index < -0.39 is 35.8 Å². The molecule has 2 N–H and O–H groups in total. The van der Waals surface area contributed by atoms with Crippen molar-refractivity contribution in [2.45, 2.75) is 12.7 Å². The maximum Gasteiger partial charge on any atom is 0.416 e. The lowest BCUT2D eigenvalue weighted by atomic mass is 10.2. The number of benzene rings is 2. The van der Waals surface area contributed by atoms with Crippen LogP contribution in [0.4, 0.5) is 24.5 Å². The molecule has 180 valence electrons. The van der Waals surface area contributed by atoms with Crippen LogP contribution in [0.1, 0.15) is 15.9 Å². The molecular weight excluding hydrogens is 467 g/mol. The molecule has 0 saturated heterocycles. The van der Waals surface area contributed by atoms with Crippen molar-refractivity contribution in [1.29, 1.82) is 0 Å². The summed E-state index contributed by atoms with van der Waals surface area (Å²) < 4.78 is 45.1. The van der Waals surface area contributed by atoms with E-state index >= 15 is 0 Å². The van der Waals surface area contributed by atoms with E-state index in [2.05, 4.69) is 15.7 Å². The first-order valence-electron chi connectivity index (χ1n) is 10.2. The van der Waals surface area contributed by atoms with Gasteiger partial charge in [0, 0.05) is 17.6 Å². The Balaban J connectivity index is 1.46. The zero-order valence-electron chi connectivity index (χ0n) is 18.2. The Morgan fingerprint density at radius 3 is 2.20 bits per heavy atom. The van der Waals surface area contributed by atoms with E-state index in [0.717, 1.165) is 33.3 Å². The SMILES string of the molecule is COc1ccc(NC(=O)c2ccc3nn(CC(=O)Nc4ccc(C(F)(F)F)cc4)c(=O)n3c2)cc1. The van der Waals surface area contributed by atoms with Crippen LogP contribution in [-0.4, -0.2) is 33.1 Å². The van der Waals surface area contributed by atoms with Crippen molar-refractivity contribution in [3.63, 3.8) is 0 Å². The summed E-state index contributed by atoms with van der Waals surface area (Å²) in [7, 11) is 1.53. The van der Waals surface area contributed by atoms with E-state index in [4.69, 9.17) is 4.74 Å². The second-order valence-corrected chi connectivity index (χ2v) is 7.39. The number of alkyl halides is 3. The number of nitrogens with one attached hydrogen (secondary N) is 2. The van der Waals surface area contributed by atoms with E-state index in [1.807, 2.05) is 0 Å². The van der Waals surface area contributed by atoms with E-state index in [1.165, 1.54) is 25.4 Å². The van der Waals surface area contributed by atoms with Crippen LogP contribution in [-0.2, 0) is 17.5 Å². The Labute approximate surface area is 195 Å². The molecule has 0 spiro atoms. The first-order valence-corrected chi connectivity index (χ1v) is 10.2. The number of nitrogens with zero attached hydrogens (tertiary/aromatic N) is 3. The molecule has 0 bridgehead atoms. The Morgan fingerprint density at radius 1 is 0.943 bits per heavy atom. The lowest BCUT2D eigenvalue weighted by Crippen LogP contribution is -2.28. The average Bonchev–Trinajstić information content (AvgIpc) is 3.13. The Hall–Kier alpha value is -4.61. The Morgan fingerprint density at radius 2 is 1.57 bits per heavy atom. The van der Waals surface area contributed by atoms with Gasteiger partial charge in [0.25, 0.3) is 5.91 Å². The molecule has 2 heterocycles. The van der Waals surface area contributed by atoms with Gasteiger partial charge in [0.15, 0.2) is 5.65 Å². The molecule has 2 aromatic carbocycles. The molecule has 4 rings (SSSR count). The van der Waals surface area contributed by atoms with Crippen molar-refractivity contribution in [1.82, 2.24) is 14.2 Å². The van der Waals surface area contributed by atoms with Gasteiger partial charge in [-0.25, -0.2) is 13.9 Å². The molecule has 0 aliphatic carbocycles. The van der Waals surface area contributed by atoms with E-state index in [1.54, 1.807) is 24.3 Å². The van der Waals surface area contributed by atoms with Crippen molar-refractivity contribution in [2.24, 2.45) is 0 Å². The largest absolute Gasteiger partial charge is 0.497 e. The quantitative estimate of drug-likeness (QED) is 0.435. The number of hydrogen-bond donors (Lipinski definition) is 2. The molecular formula is C23H18F3N5O4. The van der Waals surface area contributed by atoms with Crippen molar-refractivity contribution in [2.75, 3.05) is 17.7 Å². The van der Waals surface area contributed by atoms with Crippen molar-refractivity contribution in [3.05, 3.63) is 88.5 Å². The third-order valence-corrected chi connectivity index (χ3v) is 4.98. The first-order chi connectivity index (χ1) is 16.6. The number of methoxy groups -OCH3 is 1. The van der Waals surface area contributed by atoms with Crippen molar-refractivity contribution in [3.8, 4) is 5.75 Å². The molecule has 0 saturated carbocycles. The summed E-state index contributed by atoms with van der Waals surface area (Å²) in [5, 5.41) is 9.17. The Kier molecular flexibility index (Phi) is 6.28. The molecule has 0 radical (unpaired) electrons. The van der Waals surface area contributed by atoms with E-state index in [0.29, 0.717) is 11.4 Å². The summed E-state index contributed by atoms with van der Waals surface area (Å²) in [5.74, 6) is -0.491. The van der Waals surface area contributed by atoms with Crippen LogP contribution in [0, 0.1) is 0 Å². The van der Waals surface area contributed by atoms with Gasteiger partial charge in [-0.15, -0.1) is 5.10 Å². The molecule has 2 aromatic heterocycles. The summed E-state index contributed by atoms with van der Waals surface area (Å²) in [6.07, 6.45) is -3.19. The molecule has 0 aliphatic rings. The summed E-state index contributed by atoms with van der Waals surface area (Å²) in [6, 6.07) is 13.5. The molecule has 9 nitrogen and oxygen atoms in total. The number of rotatable bonds is 6. The van der Waals surface area contributed by atoms with Gasteiger partial charge in [-0.1, -0.05) is 0 Å². The highest BCUT2D eigenvalue weighted by Gasteiger charge is 2.30. The zero-order valence-corrected chi connectivity index (χ0v) is 18.2. The smallest absolute Gasteiger partial charge is 0.416 e. The minimum Gasteiger partial charge on any atom is -0.497 e. The fraction of sp³-hybridized carbons (Fsp3) is 0.130. The van der Waals surface area contributed by atoms with Gasteiger partial charge in [0.05, 0.1) is 18.2 Å². The Bertz CT molecular complexity index is 1440. The van der Waals surface area contributed by atoms with Gasteiger partial charge < -0.3 is 15.4 Å². The second-order valence-electron chi connectivity index (χ2n) is 7.39. The standard InChI is InChI=1S/C23H18F3N5O4/c1-35-18-9-7-17(8-10-18)28-21(33)14-2-11-19-29-31(22(34)30(19)12-14)13-20(32)27-16-5-3-15(4-6-16)23(24,25)26/h2-12H,13H2,1H3,(H,27,32)(H,28,33). The van der Waals surface area contributed by atoms with Gasteiger partial charge in [-0.3, -0.25) is 9.59 Å². The highest BCUT2D eigenvalue weighted by Crippen LogP contribution is 2.29. The summed E-state index contributed by atoms with van der Waals surface area (Å²) >= 11 is 0. The van der Waals surface area contributed by atoms with Gasteiger partial charge >= 0.3 is 11.9 Å². The third kappa shape index (κ3) is 5.32. The number of ether oxygens (including phenoxy) is 1. The van der Waals surface area contributed by atoms with Gasteiger partial charge in [-0.2, -0.15) is 13.2 Å². The van der Waals surface area contributed by atoms with Crippen LogP contribution < -0.4 is 21.1 Å². The fourth-order valence-corrected chi connectivity index (χ4v) is 3.21. The maximum absolute atomic E-state index is 12.7. The second kappa shape index (κ2) is 9.33. The van der Waals surface area contributed by atoms with Gasteiger partial charge in [0.1, 0.15) is 12.3 Å². The summed E-state index contributed by atoms with van der Waals surface area (Å²) in [6.45, 7) is -0.477. The molecule has 35 heavy (non-hydrogen) atoms. The molecule has 2 amide bonds. The predicted molar refractivity (Wildman–Crippen MR) is 120 cm³/mol. The fourth-order valence-electron chi connectivity index (χ4n) is 3.21. The van der Waals surface area contributed by atoms with Gasteiger partial charge in [-0.05, 0) is 60.7 Å². The van der Waals surface area contributed by atoms with Crippen molar-refractivity contribution < 1.29 is 27.5 Å². The summed E-state index contributed by atoms with van der Waals surface area (Å²) in [4.78, 5) is 37.6. The van der Waals surface area contributed by atoms with Crippen LogP contribution in [0.15, 0.2) is 71.7 Å². The van der Waals surface area contributed by atoms with E-state index in [-0.39, 0.29) is 16.9 Å². The highest BCUT2D eigenvalue weighted by molar-refractivity contribution is 6.04. The number of carbonyl (C=O) groups excluding carboxylic acids is 2. The lowest BCUT2D eigenvalue weighted by Gasteiger charge is -2.08. The first kappa shape index (κ1) is 23.5. The molecule has 0 unspecified atom stereocenters. The zero-order chi connectivity index (χ0) is 25.2. The van der Waals surface area contributed by atoms with Crippen LogP contribution in [0.5, 0.6) is 5.75 Å². The highest BCUT2D eigenvalue weighted by atomic mass is 19.4. The number of aromatic nitrogens is 3. The van der Waals surface area contributed by atoms with Crippen LogP contribution >= 0.6 is 0 Å². The lowest BCUT2D eigenvalue weighted by molar-refractivity contribution is -0.137. The monoisotopic (exact) mass is 485 g/mol. The number of anilines is 2. The molecule has 0 fully saturated rings. The van der Waals surface area contributed by atoms with Gasteiger partial charge in [0.2, 0.25) is 5.91 Å². The number of carbonyl (C=O) groups is 2. The normalized spacial score (nSPS) is 11.3. The van der Waals surface area contributed by atoms with Crippen LogP contribution in [0.25, 0.3) is 5.65 Å². The van der Waals surface area contributed by atoms with E-state index in [9.17, 15) is 27.6 Å².